The highest BCUT2D eigenvalue weighted by molar-refractivity contribution is 7.10. The number of ether oxygens (including phenoxy) is 2. The van der Waals surface area contributed by atoms with Crippen LogP contribution in [0.15, 0.2) is 104 Å². The molecule has 2 aromatic carbocycles. The Hall–Kier alpha value is -4.43. The fourth-order valence-corrected chi connectivity index (χ4v) is 6.52. The summed E-state index contributed by atoms with van der Waals surface area (Å²) in [5, 5.41) is 5.74. The molecular weight excluding hydrogens is 538 g/mol. The first-order valence-electron chi connectivity index (χ1n) is 13.5. The molecule has 2 atom stereocenters. The number of allylic oxidation sites excluding steroid dienone is 3. The second-order valence-corrected chi connectivity index (χ2v) is 11.3. The average Bonchev–Trinajstić information content (AvgIpc) is 3.51. The van der Waals surface area contributed by atoms with Crippen molar-refractivity contribution in [2.24, 2.45) is 0 Å². The standard InChI is InChI=1S/C33H29NO6S/c1-19-10-11-27-23(15-19)32(36)24(18-40-27)30-29(33(37)39-13-12-38-22-7-4-3-5-8-22)20(2)34-25-16-21(17-26(35)31(25)30)28-9-6-14-41-28/h3-11,14-15,18,21,30,34H,12-13,16-17H2,1-2H3/t21-,30+/m0/s1. The van der Waals surface area contributed by atoms with Crippen molar-refractivity contribution in [1.29, 1.82) is 0 Å². The zero-order chi connectivity index (χ0) is 28.5. The van der Waals surface area contributed by atoms with Crippen LogP contribution in [0.4, 0.5) is 0 Å². The first-order valence-corrected chi connectivity index (χ1v) is 14.4. The van der Waals surface area contributed by atoms with Crippen molar-refractivity contribution >= 4 is 34.1 Å². The molecular formula is C33H29NO6S. The van der Waals surface area contributed by atoms with Gasteiger partial charge in [-0.05, 0) is 56.0 Å². The van der Waals surface area contributed by atoms with Crippen LogP contribution in [0.5, 0.6) is 5.75 Å². The largest absolute Gasteiger partial charge is 0.490 e. The number of rotatable bonds is 7. The summed E-state index contributed by atoms with van der Waals surface area (Å²) in [4.78, 5) is 42.5. The lowest BCUT2D eigenvalue weighted by molar-refractivity contribution is -0.140. The summed E-state index contributed by atoms with van der Waals surface area (Å²) in [6.45, 7) is 3.84. The highest BCUT2D eigenvalue weighted by Crippen LogP contribution is 2.46. The maximum atomic E-state index is 13.9. The van der Waals surface area contributed by atoms with Crippen LogP contribution in [0.25, 0.3) is 11.0 Å². The normalized spacial score (nSPS) is 18.7. The number of ketones is 1. The van der Waals surface area contributed by atoms with Gasteiger partial charge in [0.25, 0.3) is 0 Å². The molecule has 0 spiro atoms. The molecule has 7 nitrogen and oxygen atoms in total. The number of fused-ring (bicyclic) bond motifs is 1. The highest BCUT2D eigenvalue weighted by atomic mass is 32.1. The third-order valence-corrected chi connectivity index (χ3v) is 8.62. The number of hydrogen-bond donors (Lipinski definition) is 1. The minimum absolute atomic E-state index is 0.00303. The van der Waals surface area contributed by atoms with E-state index < -0.39 is 11.9 Å². The topological polar surface area (TPSA) is 94.8 Å². The van der Waals surface area contributed by atoms with E-state index in [2.05, 4.69) is 5.32 Å². The molecule has 3 heterocycles. The van der Waals surface area contributed by atoms with Crippen LogP contribution in [0.2, 0.25) is 0 Å². The van der Waals surface area contributed by atoms with E-state index in [1.165, 1.54) is 6.26 Å². The fraction of sp³-hybridized carbons (Fsp3) is 0.242. The van der Waals surface area contributed by atoms with Crippen molar-refractivity contribution in [3.63, 3.8) is 0 Å². The van der Waals surface area contributed by atoms with Gasteiger partial charge in [0, 0.05) is 39.7 Å². The summed E-state index contributed by atoms with van der Waals surface area (Å²) in [5.41, 5.74) is 3.26. The van der Waals surface area contributed by atoms with Crippen LogP contribution in [0.3, 0.4) is 0 Å². The molecule has 208 valence electrons. The molecule has 8 heteroatoms. The smallest absolute Gasteiger partial charge is 0.336 e. The maximum Gasteiger partial charge on any atom is 0.336 e. The Morgan fingerprint density at radius 1 is 1.02 bits per heavy atom. The number of benzene rings is 2. The molecule has 0 saturated carbocycles. The van der Waals surface area contributed by atoms with Gasteiger partial charge >= 0.3 is 5.97 Å². The van der Waals surface area contributed by atoms with Gasteiger partial charge in [0.15, 0.2) is 11.2 Å². The van der Waals surface area contributed by atoms with E-state index in [1.54, 1.807) is 30.4 Å². The SMILES string of the molecule is CC1=C(C(=O)OCCOc2ccccc2)[C@@H](c2coc3ccc(C)cc3c2=O)C2=C(C[C@H](c3cccs3)CC2=O)N1. The van der Waals surface area contributed by atoms with E-state index in [-0.39, 0.29) is 41.5 Å². The lowest BCUT2D eigenvalue weighted by Gasteiger charge is -2.36. The number of thiophene rings is 1. The number of dihydropyridines is 1. The molecule has 1 aliphatic heterocycles. The highest BCUT2D eigenvalue weighted by Gasteiger charge is 2.43. The predicted molar refractivity (Wildman–Crippen MR) is 157 cm³/mol. The van der Waals surface area contributed by atoms with Crippen molar-refractivity contribution < 1.29 is 23.5 Å². The Morgan fingerprint density at radius 2 is 1.85 bits per heavy atom. The number of carbonyl (C=O) groups is 2. The van der Waals surface area contributed by atoms with E-state index in [9.17, 15) is 14.4 Å². The van der Waals surface area contributed by atoms with Gasteiger partial charge in [-0.3, -0.25) is 9.59 Å². The average molecular weight is 568 g/mol. The molecule has 0 bridgehead atoms. The summed E-state index contributed by atoms with van der Waals surface area (Å²) in [6, 6.07) is 18.7. The van der Waals surface area contributed by atoms with Gasteiger partial charge in [0.2, 0.25) is 0 Å². The molecule has 0 fully saturated rings. The number of aryl methyl sites for hydroxylation is 1. The van der Waals surface area contributed by atoms with Crippen LogP contribution < -0.4 is 15.5 Å². The molecule has 0 radical (unpaired) electrons. The Balaban J connectivity index is 1.37. The fourth-order valence-electron chi connectivity index (χ4n) is 5.69. The van der Waals surface area contributed by atoms with Gasteiger partial charge < -0.3 is 19.2 Å². The summed E-state index contributed by atoms with van der Waals surface area (Å²) in [5.74, 6) is -0.924. The van der Waals surface area contributed by atoms with Crippen molar-refractivity contribution in [3.05, 3.63) is 121 Å². The monoisotopic (exact) mass is 567 g/mol. The number of nitrogens with one attached hydrogen (secondary N) is 1. The van der Waals surface area contributed by atoms with E-state index in [0.717, 1.165) is 16.1 Å². The quantitative estimate of drug-likeness (QED) is 0.212. The molecule has 1 aliphatic carbocycles. The maximum absolute atomic E-state index is 13.9. The van der Waals surface area contributed by atoms with E-state index >= 15 is 0 Å². The van der Waals surface area contributed by atoms with Crippen LogP contribution in [-0.4, -0.2) is 25.0 Å². The van der Waals surface area contributed by atoms with Crippen molar-refractivity contribution in [2.75, 3.05) is 13.2 Å². The minimum atomic E-state index is -0.910. The number of esters is 1. The van der Waals surface area contributed by atoms with Gasteiger partial charge in [-0.15, -0.1) is 11.3 Å². The summed E-state index contributed by atoms with van der Waals surface area (Å²) in [7, 11) is 0. The van der Waals surface area contributed by atoms with Crippen molar-refractivity contribution in [2.45, 2.75) is 38.5 Å². The van der Waals surface area contributed by atoms with Gasteiger partial charge in [0.1, 0.15) is 24.5 Å². The molecule has 1 N–H and O–H groups in total. The predicted octanol–water partition coefficient (Wildman–Crippen LogP) is 6.15. The van der Waals surface area contributed by atoms with Gasteiger partial charge in [0.05, 0.1) is 23.1 Å². The third kappa shape index (κ3) is 5.23. The van der Waals surface area contributed by atoms with E-state index in [1.807, 2.05) is 60.8 Å². The lowest BCUT2D eigenvalue weighted by atomic mass is 9.73. The molecule has 4 aromatic rings. The Labute approximate surface area is 241 Å². The van der Waals surface area contributed by atoms with Gasteiger partial charge in [-0.25, -0.2) is 4.79 Å². The van der Waals surface area contributed by atoms with Gasteiger partial charge in [-0.2, -0.15) is 0 Å². The zero-order valence-corrected chi connectivity index (χ0v) is 23.6. The minimum Gasteiger partial charge on any atom is -0.490 e. The molecule has 2 aromatic heterocycles. The Bertz CT molecular complexity index is 1750. The third-order valence-electron chi connectivity index (χ3n) is 7.59. The molecule has 0 saturated heterocycles. The van der Waals surface area contributed by atoms with E-state index in [0.29, 0.717) is 40.8 Å². The van der Waals surface area contributed by atoms with Gasteiger partial charge in [-0.1, -0.05) is 35.9 Å². The van der Waals surface area contributed by atoms with Crippen LogP contribution in [0.1, 0.15) is 47.6 Å². The first kappa shape index (κ1) is 26.8. The van der Waals surface area contributed by atoms with Crippen LogP contribution in [0, 0.1) is 6.92 Å². The van der Waals surface area contributed by atoms with Crippen LogP contribution >= 0.6 is 11.3 Å². The van der Waals surface area contributed by atoms with Crippen LogP contribution in [-0.2, 0) is 14.3 Å². The molecule has 0 unspecified atom stereocenters. The van der Waals surface area contributed by atoms with E-state index in [4.69, 9.17) is 13.9 Å². The number of carbonyl (C=O) groups excluding carboxylic acids is 2. The summed E-state index contributed by atoms with van der Waals surface area (Å²) >= 11 is 1.62. The number of para-hydroxylation sites is 1. The first-order chi connectivity index (χ1) is 19.9. The number of hydrogen-bond acceptors (Lipinski definition) is 8. The Kier molecular flexibility index (Phi) is 7.32. The second kappa shape index (κ2) is 11.2. The lowest BCUT2D eigenvalue weighted by Crippen LogP contribution is -2.37. The molecule has 41 heavy (non-hydrogen) atoms. The number of Topliss-reactive ketones (excluding diaryl/α,β-unsaturated/α-hetero) is 1. The summed E-state index contributed by atoms with van der Waals surface area (Å²) < 4.78 is 17.2. The Morgan fingerprint density at radius 3 is 2.63 bits per heavy atom. The second-order valence-electron chi connectivity index (χ2n) is 10.3. The molecule has 6 rings (SSSR count). The zero-order valence-electron chi connectivity index (χ0n) is 22.8. The van der Waals surface area contributed by atoms with Crippen molar-refractivity contribution in [1.82, 2.24) is 5.32 Å². The molecule has 2 aliphatic rings. The van der Waals surface area contributed by atoms with Crippen molar-refractivity contribution in [3.8, 4) is 5.75 Å². The summed E-state index contributed by atoms with van der Waals surface area (Å²) in [6.07, 6.45) is 2.28. The molecule has 0 amide bonds.